The molecular formula is C31H33ClFN3O3. The van der Waals surface area contributed by atoms with E-state index in [-0.39, 0.29) is 39.0 Å². The minimum Gasteiger partial charge on any atom is -0.507 e. The molecule has 4 aromatic rings. The molecule has 6 nitrogen and oxygen atoms in total. The number of aromatic nitrogens is 2. The summed E-state index contributed by atoms with van der Waals surface area (Å²) in [5, 5.41) is 22.2. The molecule has 1 aromatic heterocycles. The van der Waals surface area contributed by atoms with Crippen LogP contribution < -0.4 is 5.69 Å². The van der Waals surface area contributed by atoms with Gasteiger partial charge in [-0.05, 0) is 93.6 Å². The van der Waals surface area contributed by atoms with Gasteiger partial charge in [-0.3, -0.25) is 9.47 Å². The number of hydrogen-bond acceptors (Lipinski definition) is 4. The molecule has 3 aromatic carbocycles. The van der Waals surface area contributed by atoms with Gasteiger partial charge in [-0.2, -0.15) is 0 Å². The third-order valence-electron chi connectivity index (χ3n) is 7.73. The summed E-state index contributed by atoms with van der Waals surface area (Å²) in [7, 11) is 1.59. The van der Waals surface area contributed by atoms with E-state index in [1.54, 1.807) is 13.2 Å². The zero-order valence-corrected chi connectivity index (χ0v) is 23.3. The molecule has 5 rings (SSSR count). The number of phenols is 2. The lowest BCUT2D eigenvalue weighted by Gasteiger charge is -2.41. The SMILES string of the molecule is Cn1ccn(-c2c(O)cc(-c3cc(F)cc(-c4cccc(C5CCN(C(C)(C)C)CC5)c4)c3O)cc2Cl)c1=O. The van der Waals surface area contributed by atoms with Crippen molar-refractivity contribution in [2.45, 2.75) is 45.1 Å². The molecule has 2 N–H and O–H groups in total. The first-order valence-electron chi connectivity index (χ1n) is 13.1. The Balaban J connectivity index is 1.50. The van der Waals surface area contributed by atoms with Crippen molar-refractivity contribution < 1.29 is 14.6 Å². The molecule has 0 spiro atoms. The van der Waals surface area contributed by atoms with Crippen LogP contribution in [0.3, 0.4) is 0 Å². The Bertz CT molecular complexity index is 1570. The number of imidazole rings is 1. The maximum absolute atomic E-state index is 14.9. The molecule has 0 unspecified atom stereocenters. The van der Waals surface area contributed by atoms with E-state index in [0.717, 1.165) is 25.9 Å². The van der Waals surface area contributed by atoms with Gasteiger partial charge in [0.2, 0.25) is 0 Å². The van der Waals surface area contributed by atoms with Crippen LogP contribution >= 0.6 is 11.6 Å². The maximum Gasteiger partial charge on any atom is 0.332 e. The van der Waals surface area contributed by atoms with E-state index >= 15 is 0 Å². The highest BCUT2D eigenvalue weighted by Crippen LogP contribution is 2.43. The fourth-order valence-corrected chi connectivity index (χ4v) is 5.80. The Kier molecular flexibility index (Phi) is 7.08. The van der Waals surface area contributed by atoms with Crippen LogP contribution in [0, 0.1) is 5.82 Å². The Morgan fingerprint density at radius 2 is 1.62 bits per heavy atom. The van der Waals surface area contributed by atoms with Gasteiger partial charge in [0.05, 0.1) is 5.02 Å². The van der Waals surface area contributed by atoms with E-state index < -0.39 is 5.82 Å². The van der Waals surface area contributed by atoms with Gasteiger partial charge < -0.3 is 14.8 Å². The predicted octanol–water partition coefficient (Wildman–Crippen LogP) is 6.69. The first-order chi connectivity index (χ1) is 18.4. The summed E-state index contributed by atoms with van der Waals surface area (Å²) in [6, 6.07) is 13.3. The lowest BCUT2D eigenvalue weighted by Crippen LogP contribution is -2.45. The van der Waals surface area contributed by atoms with Crippen LogP contribution in [0.1, 0.15) is 45.1 Å². The lowest BCUT2D eigenvalue weighted by atomic mass is 9.86. The standard InChI is InChI=1S/C31H33ClFN3O3/c1-31(2,3)35-10-8-19(9-11-35)20-6-5-7-21(14-20)24-17-23(33)18-25(29(24)38)22-15-26(32)28(27(37)16-22)36-13-12-34(4)30(36)39/h5-7,12-19,37-38H,8-11H2,1-4H3. The van der Waals surface area contributed by atoms with Gasteiger partial charge in [0.1, 0.15) is 23.0 Å². The Labute approximate surface area is 232 Å². The molecule has 0 atom stereocenters. The minimum absolute atomic E-state index is 0.0899. The molecule has 204 valence electrons. The zero-order chi connectivity index (χ0) is 28.1. The quantitative estimate of drug-likeness (QED) is 0.297. The number of nitrogens with zero attached hydrogens (tertiary/aromatic N) is 3. The third-order valence-corrected chi connectivity index (χ3v) is 8.02. The van der Waals surface area contributed by atoms with Gasteiger partial charge in [0.15, 0.2) is 0 Å². The second-order valence-corrected chi connectivity index (χ2v) is 11.7. The molecule has 39 heavy (non-hydrogen) atoms. The fourth-order valence-electron chi connectivity index (χ4n) is 5.50. The van der Waals surface area contributed by atoms with Crippen molar-refractivity contribution in [1.29, 1.82) is 0 Å². The lowest BCUT2D eigenvalue weighted by molar-refractivity contribution is 0.102. The van der Waals surface area contributed by atoms with Crippen LogP contribution in [0.15, 0.2) is 65.7 Å². The second-order valence-electron chi connectivity index (χ2n) is 11.3. The van der Waals surface area contributed by atoms with Gasteiger partial charge in [-0.1, -0.05) is 35.9 Å². The maximum atomic E-state index is 14.9. The third kappa shape index (κ3) is 5.21. The van der Waals surface area contributed by atoms with Crippen LogP contribution in [-0.4, -0.2) is 42.9 Å². The summed E-state index contributed by atoms with van der Waals surface area (Å²) < 4.78 is 17.5. The molecular weight excluding hydrogens is 517 g/mol. The second kappa shape index (κ2) is 10.2. The molecule has 0 saturated carbocycles. The highest BCUT2D eigenvalue weighted by Gasteiger charge is 2.28. The predicted molar refractivity (Wildman–Crippen MR) is 153 cm³/mol. The number of likely N-dealkylation sites (tertiary alicyclic amines) is 1. The molecule has 0 aliphatic carbocycles. The van der Waals surface area contributed by atoms with Crippen molar-refractivity contribution >= 4 is 11.6 Å². The summed E-state index contributed by atoms with van der Waals surface area (Å²) in [6.07, 6.45) is 5.13. The number of piperidine rings is 1. The molecule has 0 amide bonds. The van der Waals surface area contributed by atoms with Crippen molar-refractivity contribution in [2.24, 2.45) is 7.05 Å². The monoisotopic (exact) mass is 549 g/mol. The zero-order valence-electron chi connectivity index (χ0n) is 22.6. The highest BCUT2D eigenvalue weighted by atomic mass is 35.5. The normalized spacial score (nSPS) is 15.1. The van der Waals surface area contributed by atoms with Crippen LogP contribution in [0.5, 0.6) is 11.5 Å². The van der Waals surface area contributed by atoms with Crippen LogP contribution in [-0.2, 0) is 7.05 Å². The molecule has 1 aliphatic rings. The van der Waals surface area contributed by atoms with Crippen molar-refractivity contribution in [2.75, 3.05) is 13.1 Å². The molecule has 8 heteroatoms. The van der Waals surface area contributed by atoms with Crippen LogP contribution in [0.25, 0.3) is 27.9 Å². The summed E-state index contributed by atoms with van der Waals surface area (Å²) in [6.45, 7) is 8.74. The topological polar surface area (TPSA) is 70.6 Å². The van der Waals surface area contributed by atoms with Gasteiger partial charge in [0, 0.05) is 36.1 Å². The molecule has 0 bridgehead atoms. The highest BCUT2D eigenvalue weighted by molar-refractivity contribution is 6.33. The van der Waals surface area contributed by atoms with Crippen molar-refractivity contribution in [3.63, 3.8) is 0 Å². The van der Waals surface area contributed by atoms with E-state index in [1.165, 1.54) is 45.2 Å². The summed E-state index contributed by atoms with van der Waals surface area (Å²) in [5.41, 5.74) is 2.65. The van der Waals surface area contributed by atoms with Gasteiger partial charge in [-0.25, -0.2) is 9.18 Å². The first kappa shape index (κ1) is 27.0. The largest absolute Gasteiger partial charge is 0.507 e. The summed E-state index contributed by atoms with van der Waals surface area (Å²) >= 11 is 6.49. The van der Waals surface area contributed by atoms with Crippen molar-refractivity contribution in [3.8, 4) is 39.4 Å². The summed E-state index contributed by atoms with van der Waals surface area (Å²) in [4.78, 5) is 14.9. The van der Waals surface area contributed by atoms with E-state index in [0.29, 0.717) is 22.6 Å². The molecule has 1 fully saturated rings. The average molecular weight is 550 g/mol. The fraction of sp³-hybridized carbons (Fsp3) is 0.323. The van der Waals surface area contributed by atoms with Crippen molar-refractivity contribution in [1.82, 2.24) is 14.0 Å². The van der Waals surface area contributed by atoms with Gasteiger partial charge in [0.25, 0.3) is 0 Å². The number of benzene rings is 3. The van der Waals surface area contributed by atoms with Gasteiger partial charge in [-0.15, -0.1) is 0 Å². The smallest absolute Gasteiger partial charge is 0.332 e. The van der Waals surface area contributed by atoms with Crippen LogP contribution in [0.2, 0.25) is 5.02 Å². The average Bonchev–Trinajstić information content (AvgIpc) is 3.22. The molecule has 1 saturated heterocycles. The van der Waals surface area contributed by atoms with E-state index in [1.807, 2.05) is 18.2 Å². The number of aryl methyl sites for hydroxylation is 1. The van der Waals surface area contributed by atoms with E-state index in [4.69, 9.17) is 11.6 Å². The number of rotatable bonds is 4. The van der Waals surface area contributed by atoms with Gasteiger partial charge >= 0.3 is 5.69 Å². The summed E-state index contributed by atoms with van der Waals surface area (Å²) in [5.74, 6) is -0.514. The first-order valence-corrected chi connectivity index (χ1v) is 13.5. The number of hydrogen-bond donors (Lipinski definition) is 2. The van der Waals surface area contributed by atoms with Crippen LogP contribution in [0.4, 0.5) is 4.39 Å². The van der Waals surface area contributed by atoms with E-state index in [2.05, 4.69) is 31.7 Å². The number of halogens is 2. The Hall–Kier alpha value is -3.55. The van der Waals surface area contributed by atoms with Crippen molar-refractivity contribution in [3.05, 3.63) is 87.8 Å². The molecule has 0 radical (unpaired) electrons. The molecule has 1 aliphatic heterocycles. The number of phenolic OH excluding ortho intramolecular Hbond substituents is 2. The van der Waals surface area contributed by atoms with E-state index in [9.17, 15) is 19.4 Å². The number of aromatic hydroxyl groups is 2. The molecule has 2 heterocycles. The Morgan fingerprint density at radius 1 is 0.949 bits per heavy atom. The minimum atomic E-state index is -0.527. The Morgan fingerprint density at radius 3 is 2.21 bits per heavy atom.